The fraction of sp³-hybridized carbons (Fsp3) is 0.143. The summed E-state index contributed by atoms with van der Waals surface area (Å²) in [7, 11) is 0. The van der Waals surface area contributed by atoms with Gasteiger partial charge in [0.1, 0.15) is 0 Å². The van der Waals surface area contributed by atoms with Crippen LogP contribution in [0.25, 0.3) is 0 Å². The largest absolute Gasteiger partial charge is 0.310 e. The molecule has 0 aliphatic carbocycles. The Hall–Kier alpha value is -4.30. The molecule has 0 saturated heterocycles. The van der Waals surface area contributed by atoms with Gasteiger partial charge in [-0.15, -0.1) is 0 Å². The molecule has 0 aromatic heterocycles. The maximum atomic E-state index is 2.36. The van der Waals surface area contributed by atoms with Crippen LogP contribution >= 0.6 is 0 Å². The lowest BCUT2D eigenvalue weighted by Gasteiger charge is -2.30. The third kappa shape index (κ3) is 5.44. The van der Waals surface area contributed by atoms with Gasteiger partial charge < -0.3 is 9.80 Å². The van der Waals surface area contributed by atoms with E-state index in [1.54, 1.807) is 0 Å². The first-order valence-electron chi connectivity index (χ1n) is 12.9. The van der Waals surface area contributed by atoms with Crippen molar-refractivity contribution in [1.29, 1.82) is 0 Å². The molecule has 0 aliphatic rings. The second-order valence-electron chi connectivity index (χ2n) is 10.0. The zero-order valence-electron chi connectivity index (χ0n) is 22.4. The van der Waals surface area contributed by atoms with Crippen molar-refractivity contribution in [2.75, 3.05) is 9.80 Å². The minimum absolute atomic E-state index is 1.13. The van der Waals surface area contributed by atoms with E-state index in [0.29, 0.717) is 0 Å². The van der Waals surface area contributed by atoms with Crippen molar-refractivity contribution in [3.05, 3.63) is 143 Å². The van der Waals surface area contributed by atoms with Crippen LogP contribution in [-0.4, -0.2) is 0 Å². The number of nitrogens with zero attached hydrogens (tertiary/aromatic N) is 2. The standard InChI is InChI=1S/C35H34N2/c1-25-12-16-30(17-13-25)36(31-18-14-26(2)15-19-31)34-22-29(5)23-35(24-34)37(32-10-6-8-27(3)20-32)33-11-7-9-28(4)21-33/h6-24H,1-5H3. The second kappa shape index (κ2) is 10.4. The SMILES string of the molecule is Cc1ccc(N(c2ccc(C)cc2)c2cc(C)cc(N(c3cccc(C)c3)c3cccc(C)c3)c2)cc1. The molecule has 5 aromatic carbocycles. The molecular formula is C35H34N2. The van der Waals surface area contributed by atoms with Gasteiger partial charge in [0.2, 0.25) is 0 Å². The topological polar surface area (TPSA) is 6.48 Å². The summed E-state index contributed by atoms with van der Waals surface area (Å²) in [6, 6.07) is 41.8. The van der Waals surface area contributed by atoms with Crippen LogP contribution in [0, 0.1) is 34.6 Å². The fourth-order valence-corrected chi connectivity index (χ4v) is 4.82. The monoisotopic (exact) mass is 482 g/mol. The van der Waals surface area contributed by atoms with Crippen LogP contribution in [0.4, 0.5) is 34.1 Å². The Kier molecular flexibility index (Phi) is 6.83. The number of hydrogen-bond donors (Lipinski definition) is 0. The third-order valence-corrected chi connectivity index (χ3v) is 6.67. The fourth-order valence-electron chi connectivity index (χ4n) is 4.82. The quantitative estimate of drug-likeness (QED) is 0.237. The van der Waals surface area contributed by atoms with Crippen LogP contribution in [0.15, 0.2) is 115 Å². The van der Waals surface area contributed by atoms with Crippen LogP contribution in [-0.2, 0) is 0 Å². The molecule has 5 rings (SSSR count). The van der Waals surface area contributed by atoms with Gasteiger partial charge >= 0.3 is 0 Å². The van der Waals surface area contributed by atoms with Gasteiger partial charge in [-0.25, -0.2) is 0 Å². The highest BCUT2D eigenvalue weighted by Gasteiger charge is 2.18. The average Bonchev–Trinajstić information content (AvgIpc) is 2.87. The maximum absolute atomic E-state index is 2.36. The van der Waals surface area contributed by atoms with E-state index >= 15 is 0 Å². The summed E-state index contributed by atoms with van der Waals surface area (Å²) in [5, 5.41) is 0. The zero-order valence-corrected chi connectivity index (χ0v) is 22.4. The van der Waals surface area contributed by atoms with Crippen LogP contribution in [0.2, 0.25) is 0 Å². The van der Waals surface area contributed by atoms with Crippen LogP contribution in [0.3, 0.4) is 0 Å². The molecule has 0 unspecified atom stereocenters. The Morgan fingerprint density at radius 2 is 0.676 bits per heavy atom. The predicted octanol–water partition coefficient (Wildman–Crippen LogP) is 10.2. The van der Waals surface area contributed by atoms with E-state index in [4.69, 9.17) is 0 Å². The van der Waals surface area contributed by atoms with Gasteiger partial charge in [0.15, 0.2) is 0 Å². The Morgan fingerprint density at radius 1 is 0.297 bits per heavy atom. The van der Waals surface area contributed by atoms with Gasteiger partial charge in [0, 0.05) is 34.1 Å². The van der Waals surface area contributed by atoms with E-state index in [1.165, 1.54) is 27.8 Å². The molecule has 184 valence electrons. The molecule has 37 heavy (non-hydrogen) atoms. The summed E-state index contributed by atoms with van der Waals surface area (Å²) in [6.07, 6.45) is 0. The molecule has 0 bridgehead atoms. The number of aryl methyl sites for hydroxylation is 5. The minimum Gasteiger partial charge on any atom is -0.310 e. The number of hydrogen-bond acceptors (Lipinski definition) is 2. The molecule has 0 radical (unpaired) electrons. The van der Waals surface area contributed by atoms with E-state index in [2.05, 4.69) is 160 Å². The van der Waals surface area contributed by atoms with Crippen molar-refractivity contribution >= 4 is 34.1 Å². The Labute approximate surface area is 221 Å². The molecule has 0 fully saturated rings. The maximum Gasteiger partial charge on any atom is 0.0485 e. The molecule has 2 heteroatoms. The average molecular weight is 483 g/mol. The highest BCUT2D eigenvalue weighted by atomic mass is 15.2. The van der Waals surface area contributed by atoms with E-state index in [0.717, 1.165) is 34.1 Å². The molecule has 0 N–H and O–H groups in total. The molecular weight excluding hydrogens is 448 g/mol. The van der Waals surface area contributed by atoms with E-state index in [-0.39, 0.29) is 0 Å². The summed E-state index contributed by atoms with van der Waals surface area (Å²) in [6.45, 7) is 10.7. The van der Waals surface area contributed by atoms with Crippen LogP contribution in [0.5, 0.6) is 0 Å². The summed E-state index contributed by atoms with van der Waals surface area (Å²) in [4.78, 5) is 4.71. The van der Waals surface area contributed by atoms with Crippen molar-refractivity contribution in [2.45, 2.75) is 34.6 Å². The van der Waals surface area contributed by atoms with Crippen LogP contribution < -0.4 is 9.80 Å². The summed E-state index contributed by atoms with van der Waals surface area (Å²) >= 11 is 0. The van der Waals surface area contributed by atoms with E-state index in [9.17, 15) is 0 Å². The summed E-state index contributed by atoms with van der Waals surface area (Å²) < 4.78 is 0. The highest BCUT2D eigenvalue weighted by molar-refractivity contribution is 5.83. The van der Waals surface area contributed by atoms with Gasteiger partial charge in [-0.05, 0) is 118 Å². The number of rotatable bonds is 6. The minimum atomic E-state index is 1.13. The Morgan fingerprint density at radius 3 is 1.08 bits per heavy atom. The molecule has 2 nitrogen and oxygen atoms in total. The van der Waals surface area contributed by atoms with Crippen molar-refractivity contribution in [3.8, 4) is 0 Å². The molecule has 0 saturated carbocycles. The van der Waals surface area contributed by atoms with Crippen molar-refractivity contribution in [2.24, 2.45) is 0 Å². The number of anilines is 6. The van der Waals surface area contributed by atoms with Crippen molar-refractivity contribution < 1.29 is 0 Å². The van der Waals surface area contributed by atoms with Crippen molar-refractivity contribution in [1.82, 2.24) is 0 Å². The summed E-state index contributed by atoms with van der Waals surface area (Å²) in [5.41, 5.74) is 13.1. The molecule has 0 amide bonds. The van der Waals surface area contributed by atoms with E-state index < -0.39 is 0 Å². The molecule has 0 heterocycles. The Bertz CT molecular complexity index is 1420. The first-order chi connectivity index (χ1) is 17.9. The normalized spacial score (nSPS) is 10.8. The summed E-state index contributed by atoms with van der Waals surface area (Å²) in [5.74, 6) is 0. The highest BCUT2D eigenvalue weighted by Crippen LogP contribution is 2.41. The van der Waals surface area contributed by atoms with E-state index in [1.807, 2.05) is 0 Å². The first kappa shape index (κ1) is 24.4. The predicted molar refractivity (Wildman–Crippen MR) is 159 cm³/mol. The zero-order chi connectivity index (χ0) is 25.9. The molecule has 0 atom stereocenters. The lowest BCUT2D eigenvalue weighted by atomic mass is 10.1. The van der Waals surface area contributed by atoms with Gasteiger partial charge in [0.05, 0.1) is 0 Å². The van der Waals surface area contributed by atoms with Crippen LogP contribution in [0.1, 0.15) is 27.8 Å². The molecule has 0 spiro atoms. The van der Waals surface area contributed by atoms with Gasteiger partial charge in [-0.3, -0.25) is 0 Å². The lowest BCUT2D eigenvalue weighted by Crippen LogP contribution is -2.14. The smallest absolute Gasteiger partial charge is 0.0485 e. The third-order valence-electron chi connectivity index (χ3n) is 6.67. The van der Waals surface area contributed by atoms with Gasteiger partial charge in [0.25, 0.3) is 0 Å². The van der Waals surface area contributed by atoms with Gasteiger partial charge in [-0.2, -0.15) is 0 Å². The Balaban J connectivity index is 1.71. The van der Waals surface area contributed by atoms with Crippen molar-refractivity contribution in [3.63, 3.8) is 0 Å². The lowest BCUT2D eigenvalue weighted by molar-refractivity contribution is 1.22. The number of benzene rings is 5. The first-order valence-corrected chi connectivity index (χ1v) is 12.9. The second-order valence-corrected chi connectivity index (χ2v) is 10.0. The molecule has 5 aromatic rings. The molecule has 0 aliphatic heterocycles. The van der Waals surface area contributed by atoms with Gasteiger partial charge in [-0.1, -0.05) is 59.7 Å².